The third-order valence-electron chi connectivity index (χ3n) is 2.94. The third kappa shape index (κ3) is 2.07. The molecule has 0 aromatic rings. The fourth-order valence-electron chi connectivity index (χ4n) is 1.99. The molecule has 1 aliphatic rings. The van der Waals surface area contributed by atoms with E-state index in [1.807, 2.05) is 4.90 Å². The highest BCUT2D eigenvalue weighted by Crippen LogP contribution is 2.28. The molecule has 0 aromatic carbocycles. The molecule has 0 aliphatic carbocycles. The first-order valence-electron chi connectivity index (χ1n) is 5.07. The molecule has 14 heavy (non-hydrogen) atoms. The molecule has 1 saturated heterocycles. The Morgan fingerprint density at radius 3 is 2.64 bits per heavy atom. The molecule has 0 spiro atoms. The Kier molecular flexibility index (Phi) is 3.50. The summed E-state index contributed by atoms with van der Waals surface area (Å²) < 4.78 is 5.05. The van der Waals surface area contributed by atoms with E-state index >= 15 is 0 Å². The number of likely N-dealkylation sites (tertiary alicyclic amines) is 1. The van der Waals surface area contributed by atoms with Gasteiger partial charge in [0.1, 0.15) is 6.10 Å². The summed E-state index contributed by atoms with van der Waals surface area (Å²) in [4.78, 5) is 13.8. The van der Waals surface area contributed by atoms with E-state index in [0.29, 0.717) is 0 Å². The number of nitrogens with two attached hydrogens (primary N) is 1. The van der Waals surface area contributed by atoms with E-state index in [9.17, 15) is 4.79 Å². The third-order valence-corrected chi connectivity index (χ3v) is 2.94. The SMILES string of the molecule is COC(CN)C(=O)N1CCCC1(C)C. The van der Waals surface area contributed by atoms with Gasteiger partial charge < -0.3 is 15.4 Å². The molecule has 1 atom stereocenters. The summed E-state index contributed by atoms with van der Waals surface area (Å²) >= 11 is 0. The zero-order valence-electron chi connectivity index (χ0n) is 9.25. The Morgan fingerprint density at radius 2 is 2.29 bits per heavy atom. The van der Waals surface area contributed by atoms with Crippen LogP contribution < -0.4 is 5.73 Å². The highest BCUT2D eigenvalue weighted by atomic mass is 16.5. The van der Waals surface area contributed by atoms with Crippen molar-refractivity contribution >= 4 is 5.91 Å². The number of carbonyl (C=O) groups is 1. The molecule has 1 amide bonds. The van der Waals surface area contributed by atoms with Gasteiger partial charge in [-0.15, -0.1) is 0 Å². The Labute approximate surface area is 85.4 Å². The van der Waals surface area contributed by atoms with E-state index in [1.54, 1.807) is 0 Å². The van der Waals surface area contributed by atoms with Crippen LogP contribution in [-0.2, 0) is 9.53 Å². The smallest absolute Gasteiger partial charge is 0.253 e. The first kappa shape index (κ1) is 11.5. The van der Waals surface area contributed by atoms with Crippen molar-refractivity contribution in [2.75, 3.05) is 20.2 Å². The van der Waals surface area contributed by atoms with Gasteiger partial charge in [-0.1, -0.05) is 0 Å². The standard InChI is InChI=1S/C10H20N2O2/c1-10(2)5-4-6-12(10)9(13)8(7-11)14-3/h8H,4-7,11H2,1-3H3. The van der Waals surface area contributed by atoms with Crippen LogP contribution in [0.1, 0.15) is 26.7 Å². The summed E-state index contributed by atoms with van der Waals surface area (Å²) in [5.41, 5.74) is 5.43. The number of hydrogen-bond acceptors (Lipinski definition) is 3. The number of hydrogen-bond donors (Lipinski definition) is 1. The Hall–Kier alpha value is -0.610. The van der Waals surface area contributed by atoms with E-state index in [2.05, 4.69) is 13.8 Å². The van der Waals surface area contributed by atoms with Crippen LogP contribution in [0.25, 0.3) is 0 Å². The molecule has 82 valence electrons. The lowest BCUT2D eigenvalue weighted by Crippen LogP contribution is -2.50. The van der Waals surface area contributed by atoms with Gasteiger partial charge >= 0.3 is 0 Å². The van der Waals surface area contributed by atoms with Crippen molar-refractivity contribution in [2.24, 2.45) is 5.73 Å². The van der Waals surface area contributed by atoms with Crippen LogP contribution in [0.2, 0.25) is 0 Å². The molecule has 0 saturated carbocycles. The molecule has 0 radical (unpaired) electrons. The molecule has 1 heterocycles. The second kappa shape index (κ2) is 4.28. The van der Waals surface area contributed by atoms with Gasteiger partial charge in [0.2, 0.25) is 0 Å². The topological polar surface area (TPSA) is 55.6 Å². The summed E-state index contributed by atoms with van der Waals surface area (Å²) in [6.45, 7) is 5.25. The van der Waals surface area contributed by atoms with Crippen molar-refractivity contribution in [3.8, 4) is 0 Å². The molecule has 1 fully saturated rings. The summed E-state index contributed by atoms with van der Waals surface area (Å²) in [5.74, 6) is 0.0255. The van der Waals surface area contributed by atoms with E-state index < -0.39 is 6.10 Å². The highest BCUT2D eigenvalue weighted by molar-refractivity contribution is 5.82. The minimum absolute atomic E-state index is 0.0255. The average molecular weight is 200 g/mol. The Bertz CT molecular complexity index is 212. The molecule has 0 bridgehead atoms. The zero-order chi connectivity index (χ0) is 10.8. The number of methoxy groups -OCH3 is 1. The molecular formula is C10H20N2O2. The molecule has 2 N–H and O–H groups in total. The molecule has 0 aromatic heterocycles. The second-order valence-corrected chi connectivity index (χ2v) is 4.37. The fourth-order valence-corrected chi connectivity index (χ4v) is 1.99. The van der Waals surface area contributed by atoms with Crippen LogP contribution in [0.5, 0.6) is 0 Å². The van der Waals surface area contributed by atoms with Crippen molar-refractivity contribution in [3.63, 3.8) is 0 Å². The molecule has 4 heteroatoms. The Balaban J connectivity index is 2.68. The van der Waals surface area contributed by atoms with E-state index in [4.69, 9.17) is 10.5 Å². The number of nitrogens with zero attached hydrogens (tertiary/aromatic N) is 1. The van der Waals surface area contributed by atoms with Crippen LogP contribution in [0, 0.1) is 0 Å². The number of carbonyl (C=O) groups excluding carboxylic acids is 1. The van der Waals surface area contributed by atoms with Crippen molar-refractivity contribution < 1.29 is 9.53 Å². The maximum atomic E-state index is 11.9. The van der Waals surface area contributed by atoms with Gasteiger partial charge in [0.05, 0.1) is 0 Å². The van der Waals surface area contributed by atoms with Crippen molar-refractivity contribution in [1.82, 2.24) is 4.90 Å². The maximum Gasteiger partial charge on any atom is 0.253 e. The van der Waals surface area contributed by atoms with E-state index in [0.717, 1.165) is 19.4 Å². The number of amides is 1. The van der Waals surface area contributed by atoms with Crippen LogP contribution >= 0.6 is 0 Å². The first-order valence-corrected chi connectivity index (χ1v) is 5.07. The van der Waals surface area contributed by atoms with Crippen LogP contribution in [0.15, 0.2) is 0 Å². The van der Waals surface area contributed by atoms with Crippen molar-refractivity contribution in [3.05, 3.63) is 0 Å². The van der Waals surface area contributed by atoms with Gasteiger partial charge in [0.15, 0.2) is 0 Å². The predicted molar refractivity (Wildman–Crippen MR) is 54.9 cm³/mol. The fraction of sp³-hybridized carbons (Fsp3) is 0.900. The monoisotopic (exact) mass is 200 g/mol. The quantitative estimate of drug-likeness (QED) is 0.715. The van der Waals surface area contributed by atoms with Gasteiger partial charge in [-0.05, 0) is 26.7 Å². The largest absolute Gasteiger partial charge is 0.370 e. The lowest BCUT2D eigenvalue weighted by Gasteiger charge is -2.33. The molecule has 1 aliphatic heterocycles. The van der Waals surface area contributed by atoms with E-state index in [-0.39, 0.29) is 18.0 Å². The normalized spacial score (nSPS) is 22.4. The Morgan fingerprint density at radius 1 is 1.64 bits per heavy atom. The predicted octanol–water partition coefficient (Wildman–Crippen LogP) is 0.361. The van der Waals surface area contributed by atoms with Crippen LogP contribution in [0.3, 0.4) is 0 Å². The number of rotatable bonds is 3. The van der Waals surface area contributed by atoms with Crippen LogP contribution in [0.4, 0.5) is 0 Å². The average Bonchev–Trinajstić information content (AvgIpc) is 2.47. The van der Waals surface area contributed by atoms with Crippen molar-refractivity contribution in [2.45, 2.75) is 38.3 Å². The molecular weight excluding hydrogens is 180 g/mol. The van der Waals surface area contributed by atoms with Gasteiger partial charge in [-0.25, -0.2) is 0 Å². The summed E-state index contributed by atoms with van der Waals surface area (Å²) in [6, 6.07) is 0. The summed E-state index contributed by atoms with van der Waals surface area (Å²) in [7, 11) is 1.53. The lowest BCUT2D eigenvalue weighted by molar-refractivity contribution is -0.144. The zero-order valence-corrected chi connectivity index (χ0v) is 9.25. The van der Waals surface area contributed by atoms with Gasteiger partial charge in [-0.2, -0.15) is 0 Å². The van der Waals surface area contributed by atoms with Crippen LogP contribution in [-0.4, -0.2) is 42.6 Å². The van der Waals surface area contributed by atoms with Crippen molar-refractivity contribution in [1.29, 1.82) is 0 Å². The maximum absolute atomic E-state index is 11.9. The lowest BCUT2D eigenvalue weighted by atomic mass is 10.0. The summed E-state index contributed by atoms with van der Waals surface area (Å²) in [5, 5.41) is 0. The first-order chi connectivity index (χ1) is 6.53. The molecule has 1 rings (SSSR count). The van der Waals surface area contributed by atoms with E-state index in [1.165, 1.54) is 7.11 Å². The minimum Gasteiger partial charge on any atom is -0.370 e. The molecule has 4 nitrogen and oxygen atoms in total. The summed E-state index contributed by atoms with van der Waals surface area (Å²) in [6.07, 6.45) is 1.65. The second-order valence-electron chi connectivity index (χ2n) is 4.37. The highest BCUT2D eigenvalue weighted by Gasteiger charge is 2.37. The van der Waals surface area contributed by atoms with Gasteiger partial charge in [0, 0.05) is 25.7 Å². The minimum atomic E-state index is -0.479. The number of ether oxygens (including phenoxy) is 1. The van der Waals surface area contributed by atoms with Gasteiger partial charge in [-0.3, -0.25) is 4.79 Å². The van der Waals surface area contributed by atoms with Gasteiger partial charge in [0.25, 0.3) is 5.91 Å². The molecule has 1 unspecified atom stereocenters.